The number of aromatic nitrogens is 2. The largest absolute Gasteiger partial charge is 0.383 e. The standard InChI is InChI=1S/C17H22N2O/c1-16(2)11-6-7-12-17(16,20)15-10-13-18-19(15)14-8-4-3-5-9-14/h3-5,8-10,13,20H,6-7,11-12H2,1-2H3. The number of aliphatic hydroxyl groups is 1. The lowest BCUT2D eigenvalue weighted by Crippen LogP contribution is -2.45. The van der Waals surface area contributed by atoms with Crippen LogP contribution in [0, 0.1) is 5.41 Å². The Morgan fingerprint density at radius 2 is 1.75 bits per heavy atom. The molecule has 2 aromatic rings. The van der Waals surface area contributed by atoms with Crippen LogP contribution in [0.4, 0.5) is 0 Å². The molecule has 0 aliphatic heterocycles. The van der Waals surface area contributed by atoms with Crippen molar-refractivity contribution in [3.63, 3.8) is 0 Å². The lowest BCUT2D eigenvalue weighted by atomic mass is 9.64. The van der Waals surface area contributed by atoms with Gasteiger partial charge in [0.05, 0.1) is 11.4 Å². The molecule has 3 nitrogen and oxygen atoms in total. The molecule has 3 rings (SSSR count). The summed E-state index contributed by atoms with van der Waals surface area (Å²) in [6.45, 7) is 4.32. The number of hydrogen-bond donors (Lipinski definition) is 1. The minimum Gasteiger partial charge on any atom is -0.383 e. The van der Waals surface area contributed by atoms with Gasteiger partial charge in [-0.2, -0.15) is 5.10 Å². The summed E-state index contributed by atoms with van der Waals surface area (Å²) in [7, 11) is 0. The zero-order chi connectivity index (χ0) is 14.2. The average molecular weight is 270 g/mol. The number of nitrogens with zero attached hydrogens (tertiary/aromatic N) is 2. The fourth-order valence-corrected chi connectivity index (χ4v) is 3.36. The summed E-state index contributed by atoms with van der Waals surface area (Å²) in [4.78, 5) is 0. The first-order valence-corrected chi connectivity index (χ1v) is 7.37. The Bertz CT molecular complexity index is 588. The number of hydrogen-bond acceptors (Lipinski definition) is 2. The highest BCUT2D eigenvalue weighted by atomic mass is 16.3. The maximum Gasteiger partial charge on any atom is 0.112 e. The third-order valence-electron chi connectivity index (χ3n) is 4.78. The molecule has 0 saturated heterocycles. The normalized spacial score (nSPS) is 25.6. The molecule has 1 aromatic heterocycles. The molecule has 0 bridgehead atoms. The monoisotopic (exact) mass is 270 g/mol. The van der Waals surface area contributed by atoms with E-state index in [0.29, 0.717) is 0 Å². The predicted molar refractivity (Wildman–Crippen MR) is 79.7 cm³/mol. The molecule has 3 heteroatoms. The molecule has 1 saturated carbocycles. The molecule has 106 valence electrons. The average Bonchev–Trinajstić information content (AvgIpc) is 2.93. The number of rotatable bonds is 2. The molecule has 1 unspecified atom stereocenters. The van der Waals surface area contributed by atoms with E-state index in [9.17, 15) is 5.11 Å². The third kappa shape index (κ3) is 1.97. The molecule has 1 fully saturated rings. The topological polar surface area (TPSA) is 38.1 Å². The zero-order valence-corrected chi connectivity index (χ0v) is 12.2. The Labute approximate surface area is 120 Å². The van der Waals surface area contributed by atoms with Crippen LogP contribution in [-0.2, 0) is 5.60 Å². The minimum absolute atomic E-state index is 0.127. The van der Waals surface area contributed by atoms with Gasteiger partial charge in [-0.25, -0.2) is 4.68 Å². The lowest BCUT2D eigenvalue weighted by molar-refractivity contribution is -0.108. The van der Waals surface area contributed by atoms with Crippen molar-refractivity contribution in [3.8, 4) is 5.69 Å². The Morgan fingerprint density at radius 3 is 2.45 bits per heavy atom. The van der Waals surface area contributed by atoms with Crippen LogP contribution < -0.4 is 0 Å². The second-order valence-corrected chi connectivity index (χ2v) is 6.42. The van der Waals surface area contributed by atoms with Gasteiger partial charge in [-0.05, 0) is 36.5 Å². The summed E-state index contributed by atoms with van der Waals surface area (Å²) in [5.74, 6) is 0. The van der Waals surface area contributed by atoms with Gasteiger partial charge in [0.15, 0.2) is 0 Å². The molecule has 1 heterocycles. The van der Waals surface area contributed by atoms with E-state index in [0.717, 1.165) is 30.6 Å². The number of benzene rings is 1. The van der Waals surface area contributed by atoms with E-state index in [1.165, 1.54) is 6.42 Å². The third-order valence-corrected chi connectivity index (χ3v) is 4.78. The van der Waals surface area contributed by atoms with Gasteiger partial charge in [0, 0.05) is 6.20 Å². The Kier molecular flexibility index (Phi) is 3.17. The van der Waals surface area contributed by atoms with Gasteiger partial charge in [-0.1, -0.05) is 44.9 Å². The predicted octanol–water partition coefficient (Wildman–Crippen LogP) is 3.66. The molecule has 1 aliphatic rings. The van der Waals surface area contributed by atoms with Crippen LogP contribution >= 0.6 is 0 Å². The van der Waals surface area contributed by atoms with Crippen LogP contribution in [0.15, 0.2) is 42.6 Å². The van der Waals surface area contributed by atoms with Gasteiger partial charge in [0.1, 0.15) is 5.60 Å². The highest BCUT2D eigenvalue weighted by Crippen LogP contribution is 2.50. The summed E-state index contributed by atoms with van der Waals surface area (Å²) >= 11 is 0. The molecule has 0 spiro atoms. The van der Waals surface area contributed by atoms with Crippen molar-refractivity contribution in [2.75, 3.05) is 0 Å². The summed E-state index contributed by atoms with van der Waals surface area (Å²) in [6.07, 6.45) is 5.89. The van der Waals surface area contributed by atoms with Gasteiger partial charge >= 0.3 is 0 Å². The van der Waals surface area contributed by atoms with Gasteiger partial charge in [0.2, 0.25) is 0 Å². The van der Waals surface area contributed by atoms with Crippen molar-refractivity contribution in [2.24, 2.45) is 5.41 Å². The van der Waals surface area contributed by atoms with E-state index in [4.69, 9.17) is 0 Å². The maximum atomic E-state index is 11.3. The number of para-hydroxylation sites is 1. The van der Waals surface area contributed by atoms with Crippen molar-refractivity contribution >= 4 is 0 Å². The van der Waals surface area contributed by atoms with Gasteiger partial charge in [-0.3, -0.25) is 0 Å². The lowest BCUT2D eigenvalue weighted by Gasteiger charge is -2.46. The van der Waals surface area contributed by atoms with Crippen molar-refractivity contribution < 1.29 is 5.11 Å². The smallest absolute Gasteiger partial charge is 0.112 e. The van der Waals surface area contributed by atoms with Gasteiger partial charge < -0.3 is 5.11 Å². The van der Waals surface area contributed by atoms with Crippen LogP contribution in [0.25, 0.3) is 5.69 Å². The molecule has 0 amide bonds. The van der Waals surface area contributed by atoms with Crippen LogP contribution in [0.5, 0.6) is 0 Å². The maximum absolute atomic E-state index is 11.3. The summed E-state index contributed by atoms with van der Waals surface area (Å²) < 4.78 is 1.88. The van der Waals surface area contributed by atoms with E-state index < -0.39 is 5.60 Å². The molecular formula is C17H22N2O. The molecular weight excluding hydrogens is 248 g/mol. The van der Waals surface area contributed by atoms with Gasteiger partial charge in [-0.15, -0.1) is 0 Å². The van der Waals surface area contributed by atoms with Crippen molar-refractivity contribution in [1.82, 2.24) is 9.78 Å². The second kappa shape index (κ2) is 4.74. The summed E-state index contributed by atoms with van der Waals surface area (Å²) in [6, 6.07) is 12.0. The summed E-state index contributed by atoms with van der Waals surface area (Å²) in [5.41, 5.74) is 0.978. The molecule has 20 heavy (non-hydrogen) atoms. The Morgan fingerprint density at radius 1 is 1.05 bits per heavy atom. The Hall–Kier alpha value is -1.61. The van der Waals surface area contributed by atoms with E-state index in [1.54, 1.807) is 6.20 Å². The molecule has 0 radical (unpaired) electrons. The van der Waals surface area contributed by atoms with E-state index >= 15 is 0 Å². The van der Waals surface area contributed by atoms with Gasteiger partial charge in [0.25, 0.3) is 0 Å². The van der Waals surface area contributed by atoms with E-state index in [1.807, 2.05) is 41.1 Å². The molecule has 1 N–H and O–H groups in total. The first-order valence-electron chi connectivity index (χ1n) is 7.37. The fraction of sp³-hybridized carbons (Fsp3) is 0.471. The van der Waals surface area contributed by atoms with E-state index in [2.05, 4.69) is 18.9 Å². The van der Waals surface area contributed by atoms with Crippen LogP contribution in [0.3, 0.4) is 0 Å². The van der Waals surface area contributed by atoms with Crippen LogP contribution in [-0.4, -0.2) is 14.9 Å². The first kappa shape index (κ1) is 13.4. The zero-order valence-electron chi connectivity index (χ0n) is 12.2. The van der Waals surface area contributed by atoms with Crippen molar-refractivity contribution in [3.05, 3.63) is 48.3 Å². The molecule has 1 aromatic carbocycles. The minimum atomic E-state index is -0.808. The second-order valence-electron chi connectivity index (χ2n) is 6.42. The van der Waals surface area contributed by atoms with Crippen molar-refractivity contribution in [1.29, 1.82) is 0 Å². The fourth-order valence-electron chi connectivity index (χ4n) is 3.36. The highest BCUT2D eigenvalue weighted by Gasteiger charge is 2.48. The SMILES string of the molecule is CC1(C)CCCCC1(O)c1ccnn1-c1ccccc1. The van der Waals surface area contributed by atoms with Crippen LogP contribution in [0.1, 0.15) is 45.2 Å². The first-order chi connectivity index (χ1) is 9.55. The van der Waals surface area contributed by atoms with E-state index in [-0.39, 0.29) is 5.41 Å². The van der Waals surface area contributed by atoms with Crippen LogP contribution in [0.2, 0.25) is 0 Å². The Balaban J connectivity index is 2.09. The molecule has 1 aliphatic carbocycles. The highest BCUT2D eigenvalue weighted by molar-refractivity contribution is 5.34. The quantitative estimate of drug-likeness (QED) is 0.904. The summed E-state index contributed by atoms with van der Waals surface area (Å²) in [5, 5.41) is 15.8. The molecule has 1 atom stereocenters. The van der Waals surface area contributed by atoms with Crippen molar-refractivity contribution in [2.45, 2.75) is 45.1 Å².